The Labute approximate surface area is 193 Å². The molecule has 168 valence electrons. The van der Waals surface area contributed by atoms with Gasteiger partial charge in [0.25, 0.3) is 11.5 Å². The predicted molar refractivity (Wildman–Crippen MR) is 125 cm³/mol. The Morgan fingerprint density at radius 3 is 2.82 bits per heavy atom. The van der Waals surface area contributed by atoms with E-state index in [1.165, 1.54) is 10.5 Å². The Bertz CT molecular complexity index is 1470. The molecule has 1 aliphatic heterocycles. The number of nitrogens with one attached hydrogen (secondary N) is 2. The summed E-state index contributed by atoms with van der Waals surface area (Å²) in [6.07, 6.45) is 3.47. The predicted octanol–water partition coefficient (Wildman–Crippen LogP) is 2.74. The van der Waals surface area contributed by atoms with Gasteiger partial charge in [0.2, 0.25) is 0 Å². The molecule has 2 N–H and O–H groups in total. The molecule has 1 unspecified atom stereocenters. The average molecular weight is 464 g/mol. The van der Waals surface area contributed by atoms with E-state index in [1.54, 1.807) is 41.1 Å². The maximum atomic E-state index is 13.3. The zero-order valence-electron chi connectivity index (χ0n) is 17.8. The van der Waals surface area contributed by atoms with E-state index in [0.717, 1.165) is 18.4 Å². The Hall–Kier alpha value is -3.49. The first-order valence-corrected chi connectivity index (χ1v) is 11.1. The van der Waals surface area contributed by atoms with Crippen molar-refractivity contribution in [1.29, 1.82) is 5.41 Å². The van der Waals surface area contributed by atoms with E-state index in [2.05, 4.69) is 10.3 Å². The van der Waals surface area contributed by atoms with Crippen LogP contribution in [0.4, 0.5) is 0 Å². The molecule has 4 heterocycles. The highest BCUT2D eigenvalue weighted by molar-refractivity contribution is 6.30. The third-order valence-electron chi connectivity index (χ3n) is 5.83. The van der Waals surface area contributed by atoms with Crippen molar-refractivity contribution in [1.82, 2.24) is 19.3 Å². The molecule has 0 saturated carbocycles. The van der Waals surface area contributed by atoms with Crippen LogP contribution in [0.3, 0.4) is 0 Å². The number of fused-ring (bicyclic) bond motifs is 2. The molecule has 1 aliphatic rings. The SMILES string of the molecule is N=c1c(C(=O)NCC2CCCO2)cc2c(=O)n3ccccc3nc2n1Cc1ccc(Cl)cc1. The van der Waals surface area contributed by atoms with E-state index in [0.29, 0.717) is 29.5 Å². The number of nitrogens with zero attached hydrogens (tertiary/aromatic N) is 3. The number of hydrogen-bond donors (Lipinski definition) is 2. The molecule has 9 heteroatoms. The lowest BCUT2D eigenvalue weighted by Crippen LogP contribution is -2.38. The Morgan fingerprint density at radius 2 is 2.06 bits per heavy atom. The van der Waals surface area contributed by atoms with Crippen molar-refractivity contribution >= 4 is 34.2 Å². The number of benzene rings is 1. The minimum atomic E-state index is -0.417. The van der Waals surface area contributed by atoms with Gasteiger partial charge in [0, 0.05) is 24.4 Å². The zero-order chi connectivity index (χ0) is 22.9. The molecule has 1 atom stereocenters. The van der Waals surface area contributed by atoms with Gasteiger partial charge in [-0.05, 0) is 48.7 Å². The molecule has 0 bridgehead atoms. The van der Waals surface area contributed by atoms with Crippen LogP contribution in [0.2, 0.25) is 5.02 Å². The summed E-state index contributed by atoms with van der Waals surface area (Å²) in [5.41, 5.74) is 1.48. The Balaban J connectivity index is 1.66. The van der Waals surface area contributed by atoms with Crippen LogP contribution in [0.25, 0.3) is 16.7 Å². The van der Waals surface area contributed by atoms with Gasteiger partial charge in [0.05, 0.1) is 23.6 Å². The summed E-state index contributed by atoms with van der Waals surface area (Å²) in [5, 5.41) is 12.5. The Kier molecular flexibility index (Phi) is 5.70. The van der Waals surface area contributed by atoms with Gasteiger partial charge in [-0.15, -0.1) is 0 Å². The molecule has 1 aromatic carbocycles. The maximum absolute atomic E-state index is 13.3. The van der Waals surface area contributed by atoms with E-state index in [-0.39, 0.29) is 34.6 Å². The fraction of sp³-hybridized carbons (Fsp3) is 0.250. The summed E-state index contributed by atoms with van der Waals surface area (Å²) < 4.78 is 8.61. The standard InChI is InChI=1S/C24H22ClN5O3/c25-16-8-6-15(7-9-16)14-30-21(26)18(23(31)27-13-17-4-3-11-33-17)12-19-22(30)28-20-5-1-2-10-29(20)24(19)32/h1-2,5-10,12,17,26H,3-4,11,13-14H2,(H,27,31). The normalized spacial score (nSPS) is 15.8. The fourth-order valence-electron chi connectivity index (χ4n) is 4.09. The van der Waals surface area contributed by atoms with Gasteiger partial charge in [-0.25, -0.2) is 4.98 Å². The number of aromatic nitrogens is 3. The lowest BCUT2D eigenvalue weighted by atomic mass is 10.1. The molecule has 1 saturated heterocycles. The quantitative estimate of drug-likeness (QED) is 0.444. The van der Waals surface area contributed by atoms with Gasteiger partial charge < -0.3 is 14.6 Å². The minimum Gasteiger partial charge on any atom is -0.376 e. The summed E-state index contributed by atoms with van der Waals surface area (Å²) in [7, 11) is 0. The lowest BCUT2D eigenvalue weighted by Gasteiger charge is -2.16. The van der Waals surface area contributed by atoms with Gasteiger partial charge in [-0.2, -0.15) is 0 Å². The van der Waals surface area contributed by atoms with Crippen LogP contribution in [0.5, 0.6) is 0 Å². The van der Waals surface area contributed by atoms with Crippen molar-refractivity contribution in [3.63, 3.8) is 0 Å². The van der Waals surface area contributed by atoms with Crippen molar-refractivity contribution < 1.29 is 9.53 Å². The van der Waals surface area contributed by atoms with Gasteiger partial charge in [0.1, 0.15) is 16.8 Å². The van der Waals surface area contributed by atoms with E-state index < -0.39 is 5.91 Å². The topological polar surface area (TPSA) is 101 Å². The molecule has 8 nitrogen and oxygen atoms in total. The largest absolute Gasteiger partial charge is 0.376 e. The lowest BCUT2D eigenvalue weighted by molar-refractivity contribution is 0.0856. The highest BCUT2D eigenvalue weighted by atomic mass is 35.5. The van der Waals surface area contributed by atoms with E-state index in [9.17, 15) is 9.59 Å². The second-order valence-electron chi connectivity index (χ2n) is 8.05. The number of carbonyl (C=O) groups is 1. The van der Waals surface area contributed by atoms with Crippen LogP contribution in [0.1, 0.15) is 28.8 Å². The molecule has 0 radical (unpaired) electrons. The Morgan fingerprint density at radius 1 is 1.24 bits per heavy atom. The first kappa shape index (κ1) is 21.4. The fourth-order valence-corrected chi connectivity index (χ4v) is 4.22. The molecule has 1 fully saturated rings. The van der Waals surface area contributed by atoms with Crippen molar-refractivity contribution in [2.45, 2.75) is 25.5 Å². The highest BCUT2D eigenvalue weighted by Gasteiger charge is 2.20. The van der Waals surface area contributed by atoms with Crippen molar-refractivity contribution in [2.75, 3.05) is 13.2 Å². The monoisotopic (exact) mass is 463 g/mol. The second kappa shape index (κ2) is 8.80. The van der Waals surface area contributed by atoms with Crippen LogP contribution in [0, 0.1) is 5.41 Å². The number of carbonyl (C=O) groups excluding carboxylic acids is 1. The van der Waals surface area contributed by atoms with Crippen molar-refractivity contribution in [3.8, 4) is 0 Å². The first-order valence-electron chi connectivity index (χ1n) is 10.7. The number of amides is 1. The summed E-state index contributed by atoms with van der Waals surface area (Å²) in [4.78, 5) is 31.0. The summed E-state index contributed by atoms with van der Waals surface area (Å²) in [5.74, 6) is -0.417. The third-order valence-corrected chi connectivity index (χ3v) is 6.08. The second-order valence-corrected chi connectivity index (χ2v) is 8.48. The van der Waals surface area contributed by atoms with Gasteiger partial charge >= 0.3 is 0 Å². The van der Waals surface area contributed by atoms with Gasteiger partial charge in [-0.1, -0.05) is 29.8 Å². The van der Waals surface area contributed by atoms with Gasteiger partial charge in [-0.3, -0.25) is 19.4 Å². The van der Waals surface area contributed by atoms with Crippen LogP contribution in [-0.2, 0) is 11.3 Å². The minimum absolute atomic E-state index is 0.0190. The molecule has 4 aromatic rings. The van der Waals surface area contributed by atoms with E-state index in [1.807, 2.05) is 12.1 Å². The van der Waals surface area contributed by atoms with E-state index in [4.69, 9.17) is 21.7 Å². The van der Waals surface area contributed by atoms with Crippen LogP contribution >= 0.6 is 11.6 Å². The molecular weight excluding hydrogens is 442 g/mol. The molecule has 33 heavy (non-hydrogen) atoms. The summed E-state index contributed by atoms with van der Waals surface area (Å²) in [6.45, 7) is 1.31. The smallest absolute Gasteiger partial charge is 0.267 e. The molecular formula is C24H22ClN5O3. The summed E-state index contributed by atoms with van der Waals surface area (Å²) >= 11 is 6.02. The highest BCUT2D eigenvalue weighted by Crippen LogP contribution is 2.15. The summed E-state index contributed by atoms with van der Waals surface area (Å²) in [6, 6.07) is 14.0. The first-order chi connectivity index (χ1) is 16.0. The molecule has 3 aromatic heterocycles. The number of pyridine rings is 2. The van der Waals surface area contributed by atoms with Gasteiger partial charge in [0.15, 0.2) is 0 Å². The number of rotatable bonds is 5. The van der Waals surface area contributed by atoms with E-state index >= 15 is 0 Å². The molecule has 0 spiro atoms. The van der Waals surface area contributed by atoms with Crippen LogP contribution in [0.15, 0.2) is 59.5 Å². The number of ether oxygens (including phenoxy) is 1. The maximum Gasteiger partial charge on any atom is 0.267 e. The molecule has 0 aliphatic carbocycles. The zero-order valence-corrected chi connectivity index (χ0v) is 18.5. The third kappa shape index (κ3) is 4.15. The molecule has 5 rings (SSSR count). The van der Waals surface area contributed by atoms with Crippen LogP contribution < -0.4 is 16.4 Å². The van der Waals surface area contributed by atoms with Crippen LogP contribution in [-0.4, -0.2) is 39.1 Å². The number of halogens is 1. The van der Waals surface area contributed by atoms with Crippen molar-refractivity contribution in [2.24, 2.45) is 0 Å². The average Bonchev–Trinajstić information content (AvgIpc) is 3.35. The molecule has 1 amide bonds. The number of hydrogen-bond acceptors (Lipinski definition) is 5. The van der Waals surface area contributed by atoms with Crippen molar-refractivity contribution in [3.05, 3.63) is 86.7 Å².